The minimum Gasteiger partial charge on any atom is -0.480 e. The third kappa shape index (κ3) is 6.06. The van der Waals surface area contributed by atoms with Crippen molar-refractivity contribution < 1.29 is 24.1 Å². The number of aryl methyl sites for hydroxylation is 1. The third-order valence-corrected chi connectivity index (χ3v) is 4.05. The van der Waals surface area contributed by atoms with Gasteiger partial charge in [0.15, 0.2) is 18.6 Å². The normalized spacial score (nSPS) is 11.4. The first-order chi connectivity index (χ1) is 14.1. The molecule has 3 aromatic rings. The van der Waals surface area contributed by atoms with Gasteiger partial charge in [-0.25, -0.2) is 19.6 Å². The van der Waals surface area contributed by atoms with Crippen LogP contribution in [0.2, 0.25) is 0 Å². The molecule has 2 aromatic heterocycles. The maximum Gasteiger partial charge on any atom is 0.408 e. The molecule has 0 radical (unpaired) electrons. The quantitative estimate of drug-likeness (QED) is 0.557. The van der Waals surface area contributed by atoms with Crippen molar-refractivity contribution in [2.45, 2.75) is 25.6 Å². The fourth-order valence-corrected chi connectivity index (χ4v) is 2.52. The number of benzene rings is 1. The molecule has 9 heteroatoms. The summed E-state index contributed by atoms with van der Waals surface area (Å²) in [5, 5.41) is 16.0. The smallest absolute Gasteiger partial charge is 0.408 e. The zero-order valence-corrected chi connectivity index (χ0v) is 15.5. The molecule has 1 aromatic carbocycles. The van der Waals surface area contributed by atoms with Crippen molar-refractivity contribution in [3.63, 3.8) is 0 Å². The van der Waals surface area contributed by atoms with Gasteiger partial charge < -0.3 is 15.2 Å². The van der Waals surface area contributed by atoms with Gasteiger partial charge in [-0.1, -0.05) is 35.0 Å². The highest BCUT2D eigenvalue weighted by molar-refractivity contribution is 5.79. The van der Waals surface area contributed by atoms with E-state index in [0.29, 0.717) is 12.4 Å². The Morgan fingerprint density at radius 3 is 2.52 bits per heavy atom. The van der Waals surface area contributed by atoms with Crippen molar-refractivity contribution in [3.05, 3.63) is 72.8 Å². The lowest BCUT2D eigenvalue weighted by molar-refractivity contribution is -0.754. The number of amides is 1. The molecule has 0 fully saturated rings. The van der Waals surface area contributed by atoms with Crippen LogP contribution in [0.5, 0.6) is 0 Å². The van der Waals surface area contributed by atoms with Crippen LogP contribution in [0.1, 0.15) is 12.0 Å². The highest BCUT2D eigenvalue weighted by Gasteiger charge is 2.23. The van der Waals surface area contributed by atoms with Crippen molar-refractivity contribution in [2.75, 3.05) is 0 Å². The van der Waals surface area contributed by atoms with E-state index in [1.54, 1.807) is 41.6 Å². The Labute approximate surface area is 167 Å². The molecule has 0 aliphatic rings. The Hall–Kier alpha value is -3.88. The van der Waals surface area contributed by atoms with Crippen molar-refractivity contribution in [3.8, 4) is 11.4 Å². The van der Waals surface area contributed by atoms with Gasteiger partial charge in [0.2, 0.25) is 0 Å². The average Bonchev–Trinajstić information content (AvgIpc) is 2.76. The van der Waals surface area contributed by atoms with Crippen LogP contribution in [-0.2, 0) is 22.7 Å². The minimum atomic E-state index is -1.14. The van der Waals surface area contributed by atoms with Crippen LogP contribution in [-0.4, -0.2) is 38.3 Å². The standard InChI is InChI=1S/C20H19N5O4/c26-19(27)17(24-20(28)29-14-15-5-2-1-3-6-15)8-12-25-11-7-16(13-23-25)18-21-9-4-10-22-18/h1-7,9-11,13,17H,8,12,14H2,(H-,24,26,27,28)/p+1/t17-/m0/s1. The zero-order chi connectivity index (χ0) is 20.5. The summed E-state index contributed by atoms with van der Waals surface area (Å²) in [6.07, 6.45) is 5.96. The SMILES string of the molecule is O=C(N[C@@H](CC[n+]1ccc(-c2ncccn2)cn1)C(=O)O)OCc1ccccc1. The molecule has 2 heterocycles. The van der Waals surface area contributed by atoms with Crippen molar-refractivity contribution in [1.29, 1.82) is 0 Å². The van der Waals surface area contributed by atoms with E-state index < -0.39 is 18.1 Å². The molecule has 29 heavy (non-hydrogen) atoms. The van der Waals surface area contributed by atoms with Crippen molar-refractivity contribution >= 4 is 12.1 Å². The van der Waals surface area contributed by atoms with Crippen LogP contribution >= 0.6 is 0 Å². The van der Waals surface area contributed by atoms with E-state index >= 15 is 0 Å². The molecule has 0 saturated carbocycles. The number of carboxylic acids is 1. The summed E-state index contributed by atoms with van der Waals surface area (Å²) in [5.74, 6) is -0.588. The first-order valence-electron chi connectivity index (χ1n) is 8.95. The summed E-state index contributed by atoms with van der Waals surface area (Å²) in [5.41, 5.74) is 1.57. The molecule has 0 aliphatic carbocycles. The van der Waals surface area contributed by atoms with Gasteiger partial charge in [0, 0.05) is 30.4 Å². The second kappa shape index (κ2) is 9.88. The number of rotatable bonds is 8. The van der Waals surface area contributed by atoms with Crippen LogP contribution in [0.25, 0.3) is 11.4 Å². The fourth-order valence-electron chi connectivity index (χ4n) is 2.52. The minimum absolute atomic E-state index is 0.0678. The highest BCUT2D eigenvalue weighted by Crippen LogP contribution is 2.09. The molecule has 0 spiro atoms. The molecule has 1 amide bonds. The van der Waals surface area contributed by atoms with Crippen LogP contribution in [0.4, 0.5) is 4.79 Å². The summed E-state index contributed by atoms with van der Waals surface area (Å²) < 4.78 is 6.66. The van der Waals surface area contributed by atoms with Crippen LogP contribution in [0, 0.1) is 0 Å². The molecule has 0 bridgehead atoms. The van der Waals surface area contributed by atoms with Gasteiger partial charge in [-0.3, -0.25) is 0 Å². The number of nitrogens with zero attached hydrogens (tertiary/aromatic N) is 4. The number of nitrogens with one attached hydrogen (secondary N) is 1. The number of carboxylic acid groups (broad SMARTS) is 1. The number of aromatic nitrogens is 4. The summed E-state index contributed by atoms with van der Waals surface area (Å²) in [6.45, 7) is 0.365. The molecular weight excluding hydrogens is 374 g/mol. The zero-order valence-electron chi connectivity index (χ0n) is 15.5. The lowest BCUT2D eigenvalue weighted by atomic mass is 10.2. The van der Waals surface area contributed by atoms with Crippen molar-refractivity contribution in [2.24, 2.45) is 0 Å². The number of alkyl carbamates (subject to hydrolysis) is 1. The molecule has 0 saturated heterocycles. The maximum atomic E-state index is 11.9. The van der Waals surface area contributed by atoms with Crippen molar-refractivity contribution in [1.82, 2.24) is 20.4 Å². The Morgan fingerprint density at radius 1 is 1.10 bits per heavy atom. The largest absolute Gasteiger partial charge is 0.480 e. The summed E-state index contributed by atoms with van der Waals surface area (Å²) >= 11 is 0. The predicted octanol–water partition coefficient (Wildman–Crippen LogP) is 1.60. The van der Waals surface area contributed by atoms with E-state index in [1.807, 2.05) is 30.3 Å². The summed E-state index contributed by atoms with van der Waals surface area (Å²) in [6, 6.07) is 11.6. The van der Waals surface area contributed by atoms with Gasteiger partial charge in [0.05, 0.1) is 0 Å². The van der Waals surface area contributed by atoms with E-state index in [4.69, 9.17) is 4.74 Å². The van der Waals surface area contributed by atoms with Gasteiger partial charge >= 0.3 is 12.1 Å². The molecule has 148 valence electrons. The summed E-state index contributed by atoms with van der Waals surface area (Å²) in [7, 11) is 0. The Balaban J connectivity index is 1.51. The fraction of sp³-hybridized carbons (Fsp3) is 0.200. The van der Waals surface area contributed by atoms with Crippen LogP contribution in [0.3, 0.4) is 0 Å². The van der Waals surface area contributed by atoms with Gasteiger partial charge in [-0.2, -0.15) is 0 Å². The maximum absolute atomic E-state index is 11.9. The monoisotopic (exact) mass is 394 g/mol. The molecule has 9 nitrogen and oxygen atoms in total. The first-order valence-corrected chi connectivity index (χ1v) is 8.95. The van der Waals surface area contributed by atoms with E-state index in [-0.39, 0.29) is 13.0 Å². The lowest BCUT2D eigenvalue weighted by Crippen LogP contribution is -2.46. The topological polar surface area (TPSA) is 118 Å². The van der Waals surface area contributed by atoms with E-state index in [0.717, 1.165) is 11.1 Å². The molecular formula is C20H20N5O4+. The number of carbonyl (C=O) groups excluding carboxylic acids is 1. The average molecular weight is 394 g/mol. The number of hydrogen-bond donors (Lipinski definition) is 2. The molecule has 2 N–H and O–H groups in total. The Kier molecular flexibility index (Phi) is 6.77. The predicted molar refractivity (Wildman–Crippen MR) is 101 cm³/mol. The highest BCUT2D eigenvalue weighted by atomic mass is 16.5. The summed E-state index contributed by atoms with van der Waals surface area (Å²) in [4.78, 5) is 31.7. The number of ether oxygens (including phenoxy) is 1. The molecule has 0 unspecified atom stereocenters. The van der Waals surface area contributed by atoms with Gasteiger partial charge in [0.25, 0.3) is 0 Å². The second-order valence-electron chi connectivity index (χ2n) is 6.14. The van der Waals surface area contributed by atoms with Gasteiger partial charge in [-0.15, -0.1) is 0 Å². The molecule has 0 aliphatic heterocycles. The lowest BCUT2D eigenvalue weighted by Gasteiger charge is -2.13. The van der Waals surface area contributed by atoms with E-state index in [9.17, 15) is 14.7 Å². The second-order valence-corrected chi connectivity index (χ2v) is 6.14. The first kappa shape index (κ1) is 19.9. The number of hydrogen-bond acceptors (Lipinski definition) is 6. The number of aliphatic carboxylic acids is 1. The third-order valence-electron chi connectivity index (χ3n) is 4.05. The van der Waals surface area contributed by atoms with E-state index in [1.165, 1.54) is 0 Å². The van der Waals surface area contributed by atoms with Crippen LogP contribution in [0.15, 0.2) is 67.3 Å². The Bertz CT molecular complexity index is 936. The van der Waals surface area contributed by atoms with Gasteiger partial charge in [0.1, 0.15) is 18.8 Å². The number of carbonyl (C=O) groups is 2. The van der Waals surface area contributed by atoms with E-state index in [2.05, 4.69) is 20.4 Å². The van der Waals surface area contributed by atoms with Crippen LogP contribution < -0.4 is 10.00 Å². The molecule has 1 atom stereocenters. The molecule has 3 rings (SSSR count). The van der Waals surface area contributed by atoms with Gasteiger partial charge in [-0.05, 0) is 16.7 Å². The Morgan fingerprint density at radius 2 is 1.86 bits per heavy atom.